The van der Waals surface area contributed by atoms with Gasteiger partial charge in [0.1, 0.15) is 5.82 Å². The number of furan rings is 1. The van der Waals surface area contributed by atoms with Crippen LogP contribution in [0.15, 0.2) is 39.5 Å². The number of carbonyl (C=O) groups excluding carboxylic acids is 1. The summed E-state index contributed by atoms with van der Waals surface area (Å²) in [6.07, 6.45) is 3.93. The zero-order chi connectivity index (χ0) is 19.3. The lowest BCUT2D eigenvalue weighted by atomic mass is 10.3. The van der Waals surface area contributed by atoms with Gasteiger partial charge in [-0.3, -0.25) is 4.79 Å². The van der Waals surface area contributed by atoms with Gasteiger partial charge in [-0.15, -0.1) is 0 Å². The molecular weight excluding hydrogens is 360 g/mol. The molecule has 0 atom stereocenters. The molecule has 9 nitrogen and oxygen atoms in total. The third kappa shape index (κ3) is 4.13. The van der Waals surface area contributed by atoms with Crippen molar-refractivity contribution in [3.8, 4) is 11.5 Å². The highest BCUT2D eigenvalue weighted by atomic mass is 16.5. The molecule has 28 heavy (non-hydrogen) atoms. The van der Waals surface area contributed by atoms with E-state index in [9.17, 15) is 4.79 Å². The lowest BCUT2D eigenvalue weighted by Crippen LogP contribution is -2.29. The quantitative estimate of drug-likeness (QED) is 0.600. The van der Waals surface area contributed by atoms with Gasteiger partial charge in [0.05, 0.1) is 6.26 Å². The van der Waals surface area contributed by atoms with Crippen LogP contribution in [-0.2, 0) is 0 Å². The predicted octanol–water partition coefficient (Wildman–Crippen LogP) is 2.48. The fourth-order valence-corrected chi connectivity index (χ4v) is 3.10. The molecule has 4 heterocycles. The van der Waals surface area contributed by atoms with Gasteiger partial charge < -0.3 is 24.5 Å². The monoisotopic (exact) mass is 382 g/mol. The van der Waals surface area contributed by atoms with E-state index in [1.165, 1.54) is 19.1 Å². The molecular formula is C19H22N6O3. The van der Waals surface area contributed by atoms with Gasteiger partial charge in [-0.1, -0.05) is 5.16 Å². The van der Waals surface area contributed by atoms with Crippen molar-refractivity contribution in [3.05, 3.63) is 41.9 Å². The highest BCUT2D eigenvalue weighted by Gasteiger charge is 2.16. The smallest absolute Gasteiger partial charge is 0.273 e. The summed E-state index contributed by atoms with van der Waals surface area (Å²) in [6.45, 7) is 4.92. The largest absolute Gasteiger partial charge is 0.461 e. The minimum absolute atomic E-state index is 0.203. The van der Waals surface area contributed by atoms with Crippen LogP contribution in [0.3, 0.4) is 0 Å². The summed E-state index contributed by atoms with van der Waals surface area (Å²) < 4.78 is 10.4. The van der Waals surface area contributed by atoms with Crippen LogP contribution < -0.4 is 15.5 Å². The molecule has 1 amide bonds. The summed E-state index contributed by atoms with van der Waals surface area (Å²) in [5.41, 5.74) is 1.12. The van der Waals surface area contributed by atoms with E-state index in [0.29, 0.717) is 30.6 Å². The number of aryl methyl sites for hydroxylation is 1. The van der Waals surface area contributed by atoms with Crippen molar-refractivity contribution in [1.82, 2.24) is 20.4 Å². The van der Waals surface area contributed by atoms with E-state index in [0.717, 1.165) is 24.6 Å². The van der Waals surface area contributed by atoms with E-state index in [4.69, 9.17) is 8.94 Å². The van der Waals surface area contributed by atoms with E-state index < -0.39 is 0 Å². The van der Waals surface area contributed by atoms with E-state index in [-0.39, 0.29) is 11.6 Å². The Labute approximate surface area is 162 Å². The molecule has 0 saturated carbocycles. The Balaban J connectivity index is 1.28. The van der Waals surface area contributed by atoms with Crippen LogP contribution >= 0.6 is 0 Å². The number of nitrogens with zero attached hydrogens (tertiary/aromatic N) is 4. The third-order valence-electron chi connectivity index (χ3n) is 4.47. The summed E-state index contributed by atoms with van der Waals surface area (Å²) >= 11 is 0. The fraction of sp³-hybridized carbons (Fsp3) is 0.368. The molecule has 146 valence electrons. The molecule has 1 aliphatic heterocycles. The highest BCUT2D eigenvalue weighted by Crippen LogP contribution is 2.21. The van der Waals surface area contributed by atoms with Crippen molar-refractivity contribution in [2.24, 2.45) is 0 Å². The number of anilines is 2. The van der Waals surface area contributed by atoms with Gasteiger partial charge in [0.15, 0.2) is 11.5 Å². The second-order valence-electron chi connectivity index (χ2n) is 6.62. The first-order valence-corrected chi connectivity index (χ1v) is 9.32. The summed E-state index contributed by atoms with van der Waals surface area (Å²) in [7, 11) is 0. The Hall–Kier alpha value is -3.36. The number of carbonyl (C=O) groups is 1. The van der Waals surface area contributed by atoms with Crippen molar-refractivity contribution in [1.29, 1.82) is 0 Å². The van der Waals surface area contributed by atoms with Gasteiger partial charge in [-0.05, 0) is 31.9 Å². The maximum atomic E-state index is 12.2. The number of hydrogen-bond donors (Lipinski definition) is 2. The summed E-state index contributed by atoms with van der Waals surface area (Å²) in [5.74, 6) is 2.14. The maximum absolute atomic E-state index is 12.2. The fourth-order valence-electron chi connectivity index (χ4n) is 3.10. The molecule has 0 radical (unpaired) electrons. The topological polar surface area (TPSA) is 109 Å². The summed E-state index contributed by atoms with van der Waals surface area (Å²) in [4.78, 5) is 23.4. The predicted molar refractivity (Wildman–Crippen MR) is 103 cm³/mol. The summed E-state index contributed by atoms with van der Waals surface area (Å²) in [5, 5.41) is 9.73. The molecule has 3 aromatic heterocycles. The first-order chi connectivity index (χ1) is 13.7. The Bertz CT molecular complexity index is 931. The van der Waals surface area contributed by atoms with E-state index >= 15 is 0 Å². The molecule has 0 spiro atoms. The molecule has 0 aliphatic carbocycles. The zero-order valence-corrected chi connectivity index (χ0v) is 15.6. The number of hydrogen-bond acceptors (Lipinski definition) is 8. The maximum Gasteiger partial charge on any atom is 0.273 e. The van der Waals surface area contributed by atoms with Gasteiger partial charge in [-0.2, -0.15) is 4.98 Å². The van der Waals surface area contributed by atoms with Crippen molar-refractivity contribution in [2.45, 2.75) is 19.8 Å². The number of amides is 1. The van der Waals surface area contributed by atoms with E-state index in [1.54, 1.807) is 18.2 Å². The number of aromatic nitrogens is 3. The Kier molecular flexibility index (Phi) is 5.22. The molecule has 1 saturated heterocycles. The summed E-state index contributed by atoms with van der Waals surface area (Å²) in [6, 6.07) is 7.03. The third-order valence-corrected chi connectivity index (χ3v) is 4.47. The normalized spacial score (nSPS) is 13.7. The van der Waals surface area contributed by atoms with Crippen LogP contribution in [0.2, 0.25) is 0 Å². The first kappa shape index (κ1) is 18.0. The van der Waals surface area contributed by atoms with Crippen molar-refractivity contribution < 1.29 is 13.7 Å². The molecule has 1 fully saturated rings. The molecule has 9 heteroatoms. The van der Waals surface area contributed by atoms with Crippen LogP contribution in [0, 0.1) is 6.92 Å². The standard InChI is InChI=1S/C19H22N6O3/c1-13-11-17(25-8-2-3-9-25)23-19(22-13)21-7-6-20-18(26)14-12-16(28-24-14)15-5-4-10-27-15/h4-5,10-12H,2-3,6-9H2,1H3,(H,20,26)(H,21,22,23). The lowest BCUT2D eigenvalue weighted by molar-refractivity contribution is 0.0946. The van der Waals surface area contributed by atoms with Crippen LogP contribution in [-0.4, -0.2) is 47.2 Å². The average molecular weight is 382 g/mol. The van der Waals surface area contributed by atoms with Crippen LogP contribution in [0.25, 0.3) is 11.5 Å². The minimum atomic E-state index is -0.314. The van der Waals surface area contributed by atoms with Gasteiger partial charge in [-0.25, -0.2) is 4.98 Å². The van der Waals surface area contributed by atoms with Gasteiger partial charge in [0.25, 0.3) is 5.91 Å². The van der Waals surface area contributed by atoms with Crippen molar-refractivity contribution in [2.75, 3.05) is 36.4 Å². The van der Waals surface area contributed by atoms with Crippen LogP contribution in [0.5, 0.6) is 0 Å². The molecule has 2 N–H and O–H groups in total. The van der Waals surface area contributed by atoms with Gasteiger partial charge in [0.2, 0.25) is 11.7 Å². The molecule has 0 aromatic carbocycles. The van der Waals surface area contributed by atoms with Crippen molar-refractivity contribution in [3.63, 3.8) is 0 Å². The first-order valence-electron chi connectivity index (χ1n) is 9.32. The van der Waals surface area contributed by atoms with Gasteiger partial charge in [0, 0.05) is 44.0 Å². The Morgan fingerprint density at radius 3 is 2.82 bits per heavy atom. The highest BCUT2D eigenvalue weighted by molar-refractivity contribution is 5.92. The SMILES string of the molecule is Cc1cc(N2CCCC2)nc(NCCNC(=O)c2cc(-c3ccco3)on2)n1. The number of nitrogens with one attached hydrogen (secondary N) is 2. The zero-order valence-electron chi connectivity index (χ0n) is 15.6. The average Bonchev–Trinajstić information content (AvgIpc) is 3.46. The molecule has 0 bridgehead atoms. The molecule has 4 rings (SSSR count). The Morgan fingerprint density at radius 2 is 2.04 bits per heavy atom. The van der Waals surface area contributed by atoms with Crippen molar-refractivity contribution >= 4 is 17.7 Å². The lowest BCUT2D eigenvalue weighted by Gasteiger charge is -2.17. The number of rotatable bonds is 7. The van der Waals surface area contributed by atoms with E-state index in [2.05, 4.69) is 30.7 Å². The Morgan fingerprint density at radius 1 is 1.18 bits per heavy atom. The van der Waals surface area contributed by atoms with Gasteiger partial charge >= 0.3 is 0 Å². The van der Waals surface area contributed by atoms with E-state index in [1.807, 2.05) is 13.0 Å². The van der Waals surface area contributed by atoms with Crippen LogP contribution in [0.4, 0.5) is 11.8 Å². The molecule has 3 aromatic rings. The minimum Gasteiger partial charge on any atom is -0.461 e. The van der Waals surface area contributed by atoms with Crippen LogP contribution in [0.1, 0.15) is 29.0 Å². The second-order valence-corrected chi connectivity index (χ2v) is 6.62. The molecule has 0 unspecified atom stereocenters. The second kappa shape index (κ2) is 8.12. The molecule has 1 aliphatic rings.